The number of pyridine rings is 1. The predicted octanol–water partition coefficient (Wildman–Crippen LogP) is 3.79. The highest BCUT2D eigenvalue weighted by Crippen LogP contribution is 2.28. The second-order valence-corrected chi connectivity index (χ2v) is 9.11. The molecule has 0 unspecified atom stereocenters. The number of carbonyl (C=O) groups excluding carboxylic acids is 2. The minimum absolute atomic E-state index is 0.199. The fourth-order valence-corrected chi connectivity index (χ4v) is 4.02. The highest BCUT2D eigenvalue weighted by atomic mass is 16.6. The lowest BCUT2D eigenvalue weighted by Crippen LogP contribution is -2.57. The van der Waals surface area contributed by atoms with Gasteiger partial charge in [0.2, 0.25) is 0 Å². The summed E-state index contributed by atoms with van der Waals surface area (Å²) in [6.07, 6.45) is 8.22. The van der Waals surface area contributed by atoms with E-state index >= 15 is 0 Å². The molecule has 1 saturated carbocycles. The maximum atomic E-state index is 13.0. The van der Waals surface area contributed by atoms with Crippen LogP contribution in [-0.2, 0) is 11.2 Å². The average Bonchev–Trinajstić information content (AvgIpc) is 3.16. The molecule has 0 radical (unpaired) electrons. The van der Waals surface area contributed by atoms with Gasteiger partial charge in [0.15, 0.2) is 5.82 Å². The van der Waals surface area contributed by atoms with Gasteiger partial charge in [-0.3, -0.25) is 4.79 Å². The lowest BCUT2D eigenvalue weighted by molar-refractivity contribution is 0.0419. The van der Waals surface area contributed by atoms with Gasteiger partial charge in [-0.1, -0.05) is 32.3 Å². The number of nitrogens with one attached hydrogen (secondary N) is 2. The third-order valence-corrected chi connectivity index (χ3v) is 5.48. The van der Waals surface area contributed by atoms with Crippen molar-refractivity contribution < 1.29 is 14.3 Å². The van der Waals surface area contributed by atoms with Gasteiger partial charge in [-0.25, -0.2) is 14.5 Å². The van der Waals surface area contributed by atoms with Crippen molar-refractivity contribution in [1.29, 1.82) is 0 Å². The normalized spacial score (nSPS) is 15.9. The van der Waals surface area contributed by atoms with Crippen molar-refractivity contribution in [2.75, 3.05) is 6.54 Å². The lowest BCUT2D eigenvalue weighted by atomic mass is 9.81. The minimum atomic E-state index is -0.570. The summed E-state index contributed by atoms with van der Waals surface area (Å²) in [5.41, 5.74) is 0.254. The number of rotatable bonds is 6. The molecule has 0 saturated heterocycles. The van der Waals surface area contributed by atoms with Gasteiger partial charge < -0.3 is 15.4 Å². The molecule has 31 heavy (non-hydrogen) atoms. The quantitative estimate of drug-likeness (QED) is 0.731. The SMILES string of the molecule is CCc1c(C(=O)NCC2(NC(=O)OC(C)(C)C)CCCCC2)cnn1-c1ccccn1. The van der Waals surface area contributed by atoms with Crippen LogP contribution in [0.3, 0.4) is 0 Å². The van der Waals surface area contributed by atoms with Crippen molar-refractivity contribution in [3.63, 3.8) is 0 Å². The van der Waals surface area contributed by atoms with Crippen LogP contribution < -0.4 is 10.6 Å². The number of alkyl carbamates (subject to hydrolysis) is 1. The third-order valence-electron chi connectivity index (χ3n) is 5.48. The van der Waals surface area contributed by atoms with E-state index in [-0.39, 0.29) is 5.91 Å². The van der Waals surface area contributed by atoms with Crippen molar-refractivity contribution in [1.82, 2.24) is 25.4 Å². The zero-order chi connectivity index (χ0) is 22.5. The van der Waals surface area contributed by atoms with Crippen molar-refractivity contribution in [2.45, 2.75) is 77.4 Å². The van der Waals surface area contributed by atoms with Crippen molar-refractivity contribution >= 4 is 12.0 Å². The maximum Gasteiger partial charge on any atom is 0.408 e. The maximum absolute atomic E-state index is 13.0. The highest BCUT2D eigenvalue weighted by molar-refractivity contribution is 5.95. The monoisotopic (exact) mass is 427 g/mol. The van der Waals surface area contributed by atoms with Gasteiger partial charge >= 0.3 is 6.09 Å². The Kier molecular flexibility index (Phi) is 6.97. The van der Waals surface area contributed by atoms with E-state index in [1.54, 1.807) is 17.1 Å². The van der Waals surface area contributed by atoms with E-state index in [2.05, 4.69) is 20.7 Å². The molecule has 2 heterocycles. The van der Waals surface area contributed by atoms with Gasteiger partial charge in [-0.15, -0.1) is 0 Å². The van der Waals surface area contributed by atoms with Gasteiger partial charge in [-0.05, 0) is 52.2 Å². The summed E-state index contributed by atoms with van der Waals surface area (Å²) in [6, 6.07) is 5.58. The van der Waals surface area contributed by atoms with Crippen LogP contribution in [0.2, 0.25) is 0 Å². The van der Waals surface area contributed by atoms with E-state index in [0.29, 0.717) is 24.3 Å². The molecular weight excluding hydrogens is 394 g/mol. The summed E-state index contributed by atoms with van der Waals surface area (Å²) in [4.78, 5) is 29.8. The van der Waals surface area contributed by atoms with E-state index in [1.807, 2.05) is 45.9 Å². The Hall–Kier alpha value is -2.90. The molecule has 2 N–H and O–H groups in total. The van der Waals surface area contributed by atoms with Gasteiger partial charge in [0, 0.05) is 12.7 Å². The Morgan fingerprint density at radius 1 is 1.19 bits per heavy atom. The first kappa shape index (κ1) is 22.8. The third kappa shape index (κ3) is 5.83. The summed E-state index contributed by atoms with van der Waals surface area (Å²) in [6.45, 7) is 7.86. The smallest absolute Gasteiger partial charge is 0.408 e. The minimum Gasteiger partial charge on any atom is -0.444 e. The number of hydrogen-bond donors (Lipinski definition) is 2. The number of carbonyl (C=O) groups is 2. The van der Waals surface area contributed by atoms with Gasteiger partial charge in [0.25, 0.3) is 5.91 Å². The first-order valence-electron chi connectivity index (χ1n) is 11.0. The van der Waals surface area contributed by atoms with Crippen LogP contribution in [0.25, 0.3) is 5.82 Å². The van der Waals surface area contributed by atoms with E-state index in [9.17, 15) is 9.59 Å². The number of amides is 2. The van der Waals surface area contributed by atoms with E-state index < -0.39 is 17.2 Å². The molecule has 1 fully saturated rings. The second kappa shape index (κ2) is 9.49. The van der Waals surface area contributed by atoms with Crippen molar-refractivity contribution in [2.24, 2.45) is 0 Å². The highest BCUT2D eigenvalue weighted by Gasteiger charge is 2.36. The number of hydrogen-bond acceptors (Lipinski definition) is 5. The molecule has 1 aliphatic rings. The number of nitrogens with zero attached hydrogens (tertiary/aromatic N) is 3. The number of ether oxygens (including phenoxy) is 1. The van der Waals surface area contributed by atoms with E-state index in [0.717, 1.165) is 37.8 Å². The summed E-state index contributed by atoms with van der Waals surface area (Å²) in [5.74, 6) is 0.476. The molecule has 0 aliphatic heterocycles. The second-order valence-electron chi connectivity index (χ2n) is 9.11. The zero-order valence-electron chi connectivity index (χ0n) is 18.9. The average molecular weight is 428 g/mol. The summed E-state index contributed by atoms with van der Waals surface area (Å²) in [5, 5.41) is 10.5. The Bertz CT molecular complexity index is 896. The lowest BCUT2D eigenvalue weighted by Gasteiger charge is -2.38. The van der Waals surface area contributed by atoms with Crippen LogP contribution in [0, 0.1) is 0 Å². The fraction of sp³-hybridized carbons (Fsp3) is 0.565. The molecule has 1 aliphatic carbocycles. The fourth-order valence-electron chi connectivity index (χ4n) is 4.02. The Morgan fingerprint density at radius 2 is 1.94 bits per heavy atom. The summed E-state index contributed by atoms with van der Waals surface area (Å²) in [7, 11) is 0. The van der Waals surface area contributed by atoms with Gasteiger partial charge in [0.05, 0.1) is 23.0 Å². The molecule has 3 rings (SSSR count). The van der Waals surface area contributed by atoms with Gasteiger partial charge in [-0.2, -0.15) is 5.10 Å². The first-order valence-corrected chi connectivity index (χ1v) is 11.0. The van der Waals surface area contributed by atoms with Crippen molar-refractivity contribution in [3.05, 3.63) is 41.9 Å². The Morgan fingerprint density at radius 3 is 2.55 bits per heavy atom. The molecule has 0 bridgehead atoms. The Labute approximate surface area is 183 Å². The molecule has 8 nitrogen and oxygen atoms in total. The largest absolute Gasteiger partial charge is 0.444 e. The first-order chi connectivity index (χ1) is 14.7. The predicted molar refractivity (Wildman–Crippen MR) is 118 cm³/mol. The zero-order valence-corrected chi connectivity index (χ0v) is 18.9. The summed E-state index contributed by atoms with van der Waals surface area (Å²) < 4.78 is 7.16. The number of aromatic nitrogens is 3. The molecular formula is C23H33N5O3. The van der Waals surface area contributed by atoms with E-state index in [4.69, 9.17) is 4.74 Å². The van der Waals surface area contributed by atoms with Crippen molar-refractivity contribution in [3.8, 4) is 5.82 Å². The van der Waals surface area contributed by atoms with Crippen LogP contribution in [0.5, 0.6) is 0 Å². The Balaban J connectivity index is 1.73. The van der Waals surface area contributed by atoms with E-state index in [1.165, 1.54) is 0 Å². The summed E-state index contributed by atoms with van der Waals surface area (Å²) >= 11 is 0. The van der Waals surface area contributed by atoms with Gasteiger partial charge in [0.1, 0.15) is 5.60 Å². The molecule has 2 amide bonds. The molecule has 2 aromatic heterocycles. The van der Waals surface area contributed by atoms with Crippen LogP contribution in [0.15, 0.2) is 30.6 Å². The molecule has 0 aromatic carbocycles. The van der Waals surface area contributed by atoms with Crippen LogP contribution in [0.1, 0.15) is 75.9 Å². The molecule has 168 valence electrons. The standard InChI is InChI=1S/C23H33N5O3/c1-5-18-17(15-26-28(18)19-11-7-10-14-24-19)20(29)25-16-23(12-8-6-9-13-23)27-21(30)31-22(2,3)4/h7,10-11,14-15H,5-6,8-9,12-13,16H2,1-4H3,(H,25,29)(H,27,30). The molecule has 8 heteroatoms. The molecule has 2 aromatic rings. The molecule has 0 spiro atoms. The van der Waals surface area contributed by atoms with Crippen LogP contribution >= 0.6 is 0 Å². The molecule has 0 atom stereocenters. The van der Waals surface area contributed by atoms with Crippen LogP contribution in [-0.4, -0.2) is 44.4 Å². The topological polar surface area (TPSA) is 98.1 Å². The van der Waals surface area contributed by atoms with Crippen LogP contribution in [0.4, 0.5) is 4.79 Å².